The Labute approximate surface area is 278 Å². The highest BCUT2D eigenvalue weighted by Crippen LogP contribution is 2.52. The predicted octanol–water partition coefficient (Wildman–Crippen LogP) is 10.8. The van der Waals surface area contributed by atoms with Crippen LogP contribution in [0.1, 0.15) is 18.7 Å². The van der Waals surface area contributed by atoms with Gasteiger partial charge in [0.25, 0.3) is 0 Å². The number of para-hydroxylation sites is 1. The lowest BCUT2D eigenvalue weighted by Crippen LogP contribution is -2.13. The zero-order valence-electron chi connectivity index (χ0n) is 25.8. The summed E-state index contributed by atoms with van der Waals surface area (Å²) in [5.74, 6) is 2.55. The Morgan fingerprint density at radius 2 is 1.19 bits per heavy atom. The molecule has 1 aliphatic heterocycles. The van der Waals surface area contributed by atoms with Crippen LogP contribution in [0.25, 0.3) is 61.8 Å². The second-order valence-electron chi connectivity index (χ2n) is 12.1. The van der Waals surface area contributed by atoms with E-state index < -0.39 is 0 Å². The van der Waals surface area contributed by atoms with E-state index in [1.165, 1.54) is 43.1 Å². The maximum atomic E-state index is 5.07. The summed E-state index contributed by atoms with van der Waals surface area (Å²) in [5.41, 5.74) is 9.21. The second kappa shape index (κ2) is 11.4. The van der Waals surface area contributed by atoms with E-state index in [1.54, 1.807) is 0 Å². The van der Waals surface area contributed by atoms with Gasteiger partial charge >= 0.3 is 0 Å². The maximum Gasteiger partial charge on any atom is 0.163 e. The molecular weight excluding hydrogens is 593 g/mol. The van der Waals surface area contributed by atoms with Crippen LogP contribution in [0.2, 0.25) is 0 Å². The lowest BCUT2D eigenvalue weighted by molar-refractivity contribution is 0.600. The molecule has 1 aliphatic carbocycles. The van der Waals surface area contributed by atoms with Crippen molar-refractivity contribution in [2.45, 2.75) is 22.6 Å². The molecule has 9 rings (SSSR count). The van der Waals surface area contributed by atoms with Crippen molar-refractivity contribution < 1.29 is 0 Å². The number of benzene rings is 5. The van der Waals surface area contributed by atoms with Crippen molar-refractivity contribution >= 4 is 22.7 Å². The van der Waals surface area contributed by atoms with Gasteiger partial charge in [-0.2, -0.15) is 0 Å². The Hall–Kier alpha value is -5.52. The van der Waals surface area contributed by atoms with Crippen molar-refractivity contribution in [3.8, 4) is 50.8 Å². The van der Waals surface area contributed by atoms with Gasteiger partial charge in [0.05, 0.1) is 11.2 Å². The number of allylic oxidation sites excluding steroid dienone is 4. The molecule has 0 N–H and O–H groups in total. The summed E-state index contributed by atoms with van der Waals surface area (Å²) in [5, 5.41) is 1.25. The molecule has 2 unspecified atom stereocenters. The van der Waals surface area contributed by atoms with Gasteiger partial charge in [0.1, 0.15) is 5.82 Å². The highest BCUT2D eigenvalue weighted by atomic mass is 32.2. The first-order valence-corrected chi connectivity index (χ1v) is 16.8. The van der Waals surface area contributed by atoms with Crippen LogP contribution in [-0.2, 0) is 0 Å². The summed E-state index contributed by atoms with van der Waals surface area (Å²) < 4.78 is 2.42. The van der Waals surface area contributed by atoms with Gasteiger partial charge in [0.15, 0.2) is 11.6 Å². The molecule has 0 fully saturated rings. The fraction of sp³-hybridized carbons (Fsp3) is 0.0714. The standard InChI is InChI=1S/C42H30N4S/c1-27-13-5-6-16-31(27)42-44-40(28-14-3-2-4-15-28)43-41(45-42)29-23-25-30(26-24-29)46-35-20-10-7-17-32(35)38-33-18-8-11-21-36(33)47-37-22-12-9-19-34(37)39(38)46/h2-27,31H,1H3. The van der Waals surface area contributed by atoms with Crippen LogP contribution < -0.4 is 0 Å². The third-order valence-electron chi connectivity index (χ3n) is 9.17. The van der Waals surface area contributed by atoms with Gasteiger partial charge in [0.2, 0.25) is 0 Å². The van der Waals surface area contributed by atoms with Gasteiger partial charge in [-0.3, -0.25) is 0 Å². The average Bonchev–Trinajstić information content (AvgIpc) is 3.39. The monoisotopic (exact) mass is 622 g/mol. The first-order chi connectivity index (χ1) is 23.2. The van der Waals surface area contributed by atoms with E-state index in [-0.39, 0.29) is 5.92 Å². The molecule has 0 spiro atoms. The summed E-state index contributed by atoms with van der Waals surface area (Å²) >= 11 is 1.84. The Morgan fingerprint density at radius 3 is 1.96 bits per heavy atom. The Balaban J connectivity index is 1.22. The van der Waals surface area contributed by atoms with E-state index >= 15 is 0 Å². The molecule has 2 atom stereocenters. The second-order valence-corrected chi connectivity index (χ2v) is 13.2. The largest absolute Gasteiger partial charge is 0.309 e. The summed E-state index contributed by atoms with van der Waals surface area (Å²) in [4.78, 5) is 17.6. The lowest BCUT2D eigenvalue weighted by Gasteiger charge is -2.20. The minimum Gasteiger partial charge on any atom is -0.309 e. The molecule has 0 saturated heterocycles. The predicted molar refractivity (Wildman–Crippen MR) is 193 cm³/mol. The van der Waals surface area contributed by atoms with E-state index in [0.717, 1.165) is 22.6 Å². The van der Waals surface area contributed by atoms with E-state index in [9.17, 15) is 0 Å². The molecule has 5 aromatic carbocycles. The van der Waals surface area contributed by atoms with Crippen molar-refractivity contribution in [2.24, 2.45) is 5.92 Å². The van der Waals surface area contributed by atoms with E-state index in [4.69, 9.17) is 15.0 Å². The normalized spacial score (nSPS) is 16.4. The number of rotatable bonds is 4. The van der Waals surface area contributed by atoms with Crippen molar-refractivity contribution in [1.82, 2.24) is 19.5 Å². The van der Waals surface area contributed by atoms with E-state index in [2.05, 4.69) is 145 Å². The minimum absolute atomic E-state index is 0.0889. The van der Waals surface area contributed by atoms with Gasteiger partial charge in [0, 0.05) is 49.0 Å². The molecule has 0 saturated carbocycles. The summed E-state index contributed by atoms with van der Waals surface area (Å²) in [6, 6.07) is 45.2. The Kier molecular flexibility index (Phi) is 6.72. The molecule has 0 amide bonds. The minimum atomic E-state index is 0.0889. The first kappa shape index (κ1) is 27.8. The number of hydrogen-bond donors (Lipinski definition) is 0. The van der Waals surface area contributed by atoms with Gasteiger partial charge in [-0.15, -0.1) is 0 Å². The Morgan fingerprint density at radius 1 is 0.574 bits per heavy atom. The molecule has 47 heavy (non-hydrogen) atoms. The van der Waals surface area contributed by atoms with Gasteiger partial charge in [-0.25, -0.2) is 15.0 Å². The highest BCUT2D eigenvalue weighted by Gasteiger charge is 2.27. The third kappa shape index (κ3) is 4.74. The molecule has 0 radical (unpaired) electrons. The molecule has 4 nitrogen and oxygen atoms in total. The molecule has 0 bridgehead atoms. The van der Waals surface area contributed by atoms with Crippen molar-refractivity contribution in [2.75, 3.05) is 0 Å². The van der Waals surface area contributed by atoms with Gasteiger partial charge < -0.3 is 4.57 Å². The van der Waals surface area contributed by atoms with Crippen molar-refractivity contribution in [1.29, 1.82) is 0 Å². The Bertz CT molecular complexity index is 2350. The quantitative estimate of drug-likeness (QED) is 0.196. The maximum absolute atomic E-state index is 5.07. The van der Waals surface area contributed by atoms with Crippen molar-refractivity contribution in [3.63, 3.8) is 0 Å². The number of nitrogens with zero attached hydrogens (tertiary/aromatic N) is 4. The van der Waals surface area contributed by atoms with Crippen molar-refractivity contribution in [3.05, 3.63) is 158 Å². The molecule has 224 valence electrons. The van der Waals surface area contributed by atoms with Crippen LogP contribution >= 0.6 is 11.8 Å². The number of aromatic nitrogens is 4. The molecule has 5 heteroatoms. The SMILES string of the molecule is CC1C=CC=CC1c1nc(-c2ccccc2)nc(-c2ccc(-n3c4c(c5ccccc53)-c3ccccc3Sc3ccccc3-4)cc2)n1. The summed E-state index contributed by atoms with van der Waals surface area (Å²) in [6.45, 7) is 2.21. The topological polar surface area (TPSA) is 43.6 Å². The van der Waals surface area contributed by atoms with Crippen LogP contribution in [0, 0.1) is 5.92 Å². The zero-order valence-corrected chi connectivity index (χ0v) is 26.6. The van der Waals surface area contributed by atoms with Crippen LogP contribution in [0.5, 0.6) is 0 Å². The number of hydrogen-bond acceptors (Lipinski definition) is 4. The summed E-state index contributed by atoms with van der Waals surface area (Å²) in [6.07, 6.45) is 8.59. The fourth-order valence-electron chi connectivity index (χ4n) is 6.85. The average molecular weight is 623 g/mol. The molecule has 3 heterocycles. The molecular formula is C42H30N4S. The van der Waals surface area contributed by atoms with E-state index in [1.807, 2.05) is 30.0 Å². The highest BCUT2D eigenvalue weighted by molar-refractivity contribution is 7.99. The zero-order chi connectivity index (χ0) is 31.3. The smallest absolute Gasteiger partial charge is 0.163 e. The fourth-order valence-corrected chi connectivity index (χ4v) is 7.94. The van der Waals surface area contributed by atoms with E-state index in [0.29, 0.717) is 17.6 Å². The summed E-state index contributed by atoms with van der Waals surface area (Å²) in [7, 11) is 0. The molecule has 2 aromatic heterocycles. The van der Waals surface area contributed by atoms with Gasteiger partial charge in [-0.1, -0.05) is 128 Å². The van der Waals surface area contributed by atoms with Gasteiger partial charge in [-0.05, 0) is 53.9 Å². The third-order valence-corrected chi connectivity index (χ3v) is 10.3. The first-order valence-electron chi connectivity index (χ1n) is 16.0. The number of fused-ring (bicyclic) bond motifs is 7. The van der Waals surface area contributed by atoms with Crippen LogP contribution in [-0.4, -0.2) is 19.5 Å². The van der Waals surface area contributed by atoms with Crippen LogP contribution in [0.15, 0.2) is 161 Å². The lowest BCUT2D eigenvalue weighted by atomic mass is 9.89. The molecule has 7 aromatic rings. The van der Waals surface area contributed by atoms with Crippen LogP contribution in [0.4, 0.5) is 0 Å². The van der Waals surface area contributed by atoms with Crippen LogP contribution in [0.3, 0.4) is 0 Å². The molecule has 2 aliphatic rings.